The number of carbonyl (C=O) groups is 2. The number of benzene rings is 1. The van der Waals surface area contributed by atoms with Crippen LogP contribution < -0.4 is 16.4 Å². The number of amides is 2. The number of primary amides is 1. The van der Waals surface area contributed by atoms with Crippen LogP contribution in [0.2, 0.25) is 0 Å². The van der Waals surface area contributed by atoms with Gasteiger partial charge in [-0.25, -0.2) is 4.39 Å². The van der Waals surface area contributed by atoms with E-state index in [1.807, 2.05) is 0 Å². The van der Waals surface area contributed by atoms with Gasteiger partial charge in [0.15, 0.2) is 0 Å². The Morgan fingerprint density at radius 2 is 2.05 bits per heavy atom. The van der Waals surface area contributed by atoms with Crippen LogP contribution in [0.5, 0.6) is 0 Å². The fourth-order valence-electron chi connectivity index (χ4n) is 2.41. The van der Waals surface area contributed by atoms with Gasteiger partial charge in [0.1, 0.15) is 5.82 Å². The van der Waals surface area contributed by atoms with E-state index in [1.54, 1.807) is 12.1 Å². The standard InChI is InChI=1S/C14H18FN3O2.ClH/c15-10-3-1-2-9(6-10)4-5-18-14(20)12-8-17-7-11(12)13(16)19;/h1-3,6,11-12,17H,4-5,7-8H2,(H2,16,19)(H,18,20);1H. The maximum Gasteiger partial charge on any atom is 0.225 e. The normalized spacial score (nSPS) is 20.6. The molecule has 116 valence electrons. The molecule has 1 heterocycles. The van der Waals surface area contributed by atoms with Crippen LogP contribution in [0.15, 0.2) is 24.3 Å². The molecular weight excluding hydrogens is 297 g/mol. The minimum atomic E-state index is -0.458. The smallest absolute Gasteiger partial charge is 0.225 e. The van der Waals surface area contributed by atoms with Crippen LogP contribution >= 0.6 is 12.4 Å². The zero-order valence-electron chi connectivity index (χ0n) is 11.5. The lowest BCUT2D eigenvalue weighted by Gasteiger charge is -2.15. The van der Waals surface area contributed by atoms with Gasteiger partial charge in [-0.1, -0.05) is 12.1 Å². The Hall–Kier alpha value is -1.66. The highest BCUT2D eigenvalue weighted by Gasteiger charge is 2.36. The summed E-state index contributed by atoms with van der Waals surface area (Å²) in [7, 11) is 0. The highest BCUT2D eigenvalue weighted by molar-refractivity contribution is 5.87. The molecule has 5 nitrogen and oxygen atoms in total. The van der Waals surface area contributed by atoms with Gasteiger partial charge in [0.2, 0.25) is 11.8 Å². The van der Waals surface area contributed by atoms with E-state index in [0.717, 1.165) is 5.56 Å². The SMILES string of the molecule is Cl.NC(=O)C1CNCC1C(=O)NCCc1cccc(F)c1. The summed E-state index contributed by atoms with van der Waals surface area (Å²) in [6.45, 7) is 1.31. The Morgan fingerprint density at radius 3 is 2.71 bits per heavy atom. The summed E-state index contributed by atoms with van der Waals surface area (Å²) >= 11 is 0. The Labute approximate surface area is 128 Å². The predicted molar refractivity (Wildman–Crippen MR) is 79.4 cm³/mol. The van der Waals surface area contributed by atoms with E-state index in [0.29, 0.717) is 26.1 Å². The summed E-state index contributed by atoms with van der Waals surface area (Å²) in [5.74, 6) is -1.80. The Morgan fingerprint density at radius 1 is 1.33 bits per heavy atom. The highest BCUT2D eigenvalue weighted by Crippen LogP contribution is 2.16. The maximum absolute atomic E-state index is 13.0. The number of rotatable bonds is 5. The van der Waals surface area contributed by atoms with Crippen LogP contribution in [0, 0.1) is 17.7 Å². The molecule has 1 saturated heterocycles. The van der Waals surface area contributed by atoms with Crippen molar-refractivity contribution < 1.29 is 14.0 Å². The van der Waals surface area contributed by atoms with Crippen molar-refractivity contribution in [1.82, 2.24) is 10.6 Å². The number of carbonyl (C=O) groups excluding carboxylic acids is 2. The van der Waals surface area contributed by atoms with Crippen molar-refractivity contribution in [3.05, 3.63) is 35.6 Å². The molecule has 1 aliphatic rings. The molecule has 4 N–H and O–H groups in total. The van der Waals surface area contributed by atoms with Crippen LogP contribution in [0.4, 0.5) is 4.39 Å². The molecule has 2 rings (SSSR count). The van der Waals surface area contributed by atoms with Crippen molar-refractivity contribution in [2.24, 2.45) is 17.6 Å². The molecular formula is C14H19ClFN3O2. The average molecular weight is 316 g/mol. The molecule has 7 heteroatoms. The molecule has 1 aliphatic heterocycles. The molecule has 1 aromatic rings. The number of hydrogen-bond donors (Lipinski definition) is 3. The van der Waals surface area contributed by atoms with Gasteiger partial charge >= 0.3 is 0 Å². The molecule has 0 aliphatic carbocycles. The number of hydrogen-bond acceptors (Lipinski definition) is 3. The average Bonchev–Trinajstić information content (AvgIpc) is 2.88. The molecule has 0 bridgehead atoms. The van der Waals surface area contributed by atoms with Crippen LogP contribution in [-0.4, -0.2) is 31.4 Å². The van der Waals surface area contributed by atoms with Crippen molar-refractivity contribution in [2.45, 2.75) is 6.42 Å². The zero-order valence-corrected chi connectivity index (χ0v) is 12.3. The number of nitrogens with one attached hydrogen (secondary N) is 2. The summed E-state index contributed by atoms with van der Waals surface area (Å²) < 4.78 is 13.0. The molecule has 21 heavy (non-hydrogen) atoms. The van der Waals surface area contributed by atoms with E-state index in [9.17, 15) is 14.0 Å². The summed E-state index contributed by atoms with van der Waals surface area (Å²) in [5.41, 5.74) is 6.08. The minimum absolute atomic E-state index is 0. The molecule has 2 amide bonds. The van der Waals surface area contributed by atoms with E-state index in [-0.39, 0.29) is 24.1 Å². The van der Waals surface area contributed by atoms with E-state index < -0.39 is 17.7 Å². The van der Waals surface area contributed by atoms with Gasteiger partial charge in [-0.15, -0.1) is 12.4 Å². The highest BCUT2D eigenvalue weighted by atomic mass is 35.5. The van der Waals surface area contributed by atoms with Crippen molar-refractivity contribution in [3.8, 4) is 0 Å². The summed E-state index contributed by atoms with van der Waals surface area (Å²) in [6, 6.07) is 6.26. The minimum Gasteiger partial charge on any atom is -0.369 e. The van der Waals surface area contributed by atoms with Crippen LogP contribution in [-0.2, 0) is 16.0 Å². The lowest BCUT2D eigenvalue weighted by atomic mass is 9.94. The lowest BCUT2D eigenvalue weighted by molar-refractivity contribution is -0.131. The summed E-state index contributed by atoms with van der Waals surface area (Å²) in [4.78, 5) is 23.2. The zero-order chi connectivity index (χ0) is 14.5. The van der Waals surface area contributed by atoms with Gasteiger partial charge in [0.05, 0.1) is 11.8 Å². The first-order chi connectivity index (χ1) is 9.58. The third kappa shape index (κ3) is 4.68. The van der Waals surface area contributed by atoms with E-state index in [1.165, 1.54) is 12.1 Å². The summed E-state index contributed by atoms with van der Waals surface area (Å²) in [6.07, 6.45) is 0.547. The van der Waals surface area contributed by atoms with Crippen molar-refractivity contribution in [1.29, 1.82) is 0 Å². The van der Waals surface area contributed by atoms with Crippen LogP contribution in [0.25, 0.3) is 0 Å². The van der Waals surface area contributed by atoms with E-state index >= 15 is 0 Å². The summed E-state index contributed by atoms with van der Waals surface area (Å²) in [5, 5.41) is 5.76. The second-order valence-corrected chi connectivity index (χ2v) is 4.94. The first-order valence-electron chi connectivity index (χ1n) is 6.60. The first kappa shape index (κ1) is 17.4. The van der Waals surface area contributed by atoms with Crippen molar-refractivity contribution >= 4 is 24.2 Å². The fraction of sp³-hybridized carbons (Fsp3) is 0.429. The van der Waals surface area contributed by atoms with Gasteiger partial charge in [0, 0.05) is 19.6 Å². The molecule has 0 saturated carbocycles. The van der Waals surface area contributed by atoms with Crippen LogP contribution in [0.3, 0.4) is 0 Å². The third-order valence-electron chi connectivity index (χ3n) is 3.52. The van der Waals surface area contributed by atoms with Gasteiger partial charge in [-0.05, 0) is 24.1 Å². The molecule has 0 radical (unpaired) electrons. The molecule has 0 spiro atoms. The third-order valence-corrected chi connectivity index (χ3v) is 3.52. The molecule has 2 unspecified atom stereocenters. The molecule has 0 aromatic heterocycles. The van der Waals surface area contributed by atoms with E-state index in [4.69, 9.17) is 5.73 Å². The topological polar surface area (TPSA) is 84.2 Å². The second-order valence-electron chi connectivity index (χ2n) is 4.94. The quantitative estimate of drug-likeness (QED) is 0.727. The Kier molecular flexibility index (Phi) is 6.58. The molecule has 1 aromatic carbocycles. The first-order valence-corrected chi connectivity index (χ1v) is 6.60. The fourth-order valence-corrected chi connectivity index (χ4v) is 2.41. The molecule has 1 fully saturated rings. The monoisotopic (exact) mass is 315 g/mol. The van der Waals surface area contributed by atoms with Gasteiger partial charge in [0.25, 0.3) is 0 Å². The second kappa shape index (κ2) is 7.95. The number of nitrogens with two attached hydrogens (primary N) is 1. The largest absolute Gasteiger partial charge is 0.369 e. The van der Waals surface area contributed by atoms with Gasteiger partial charge < -0.3 is 16.4 Å². The number of halogens is 2. The van der Waals surface area contributed by atoms with Gasteiger partial charge in [-0.3, -0.25) is 9.59 Å². The Balaban J connectivity index is 0.00000220. The predicted octanol–water partition coefficient (Wildman–Crippen LogP) is 0.227. The van der Waals surface area contributed by atoms with E-state index in [2.05, 4.69) is 10.6 Å². The van der Waals surface area contributed by atoms with Gasteiger partial charge in [-0.2, -0.15) is 0 Å². The maximum atomic E-state index is 13.0. The van der Waals surface area contributed by atoms with Crippen molar-refractivity contribution in [2.75, 3.05) is 19.6 Å². The van der Waals surface area contributed by atoms with Crippen LogP contribution in [0.1, 0.15) is 5.56 Å². The molecule has 2 atom stereocenters. The van der Waals surface area contributed by atoms with Crippen molar-refractivity contribution in [3.63, 3.8) is 0 Å². The Bertz CT molecular complexity index is 513. The lowest BCUT2D eigenvalue weighted by Crippen LogP contribution is -2.40.